The quantitative estimate of drug-likeness (QED) is 0.214. The first kappa shape index (κ1) is 24.1. The van der Waals surface area contributed by atoms with E-state index in [1.54, 1.807) is 62.6 Å². The molecule has 0 fully saturated rings. The van der Waals surface area contributed by atoms with E-state index in [1.807, 2.05) is 0 Å². The summed E-state index contributed by atoms with van der Waals surface area (Å²) in [4.78, 5) is 39.9. The maximum Gasteiger partial charge on any atom is 0.330 e. The summed E-state index contributed by atoms with van der Waals surface area (Å²) in [6.45, 7) is 3.04. The van der Waals surface area contributed by atoms with Gasteiger partial charge < -0.3 is 19.8 Å². The lowest BCUT2D eigenvalue weighted by Crippen LogP contribution is -2.23. The lowest BCUT2D eigenvalue weighted by Gasteiger charge is -2.10. The van der Waals surface area contributed by atoms with Crippen LogP contribution in [0.2, 0.25) is 0 Å². The molecule has 0 unspecified atom stereocenters. The Morgan fingerprint density at radius 2 is 1.94 bits per heavy atom. The number of amides is 1. The first-order chi connectivity index (χ1) is 15.9. The van der Waals surface area contributed by atoms with Crippen LogP contribution >= 0.6 is 12.2 Å². The fourth-order valence-corrected chi connectivity index (χ4v) is 3.49. The number of aromatic nitrogens is 2. The molecular formula is C24H25N3O5S. The lowest BCUT2D eigenvalue weighted by molar-refractivity contribution is -0.137. The van der Waals surface area contributed by atoms with Crippen molar-refractivity contribution in [3.63, 3.8) is 0 Å². The number of esters is 1. The Morgan fingerprint density at radius 3 is 2.64 bits per heavy atom. The minimum atomic E-state index is -0.410. The Balaban J connectivity index is 1.75. The van der Waals surface area contributed by atoms with Crippen molar-refractivity contribution in [2.75, 3.05) is 25.6 Å². The Bertz CT molecular complexity index is 1290. The summed E-state index contributed by atoms with van der Waals surface area (Å²) in [6.07, 6.45) is 3.65. The highest BCUT2D eigenvalue weighted by Crippen LogP contribution is 2.15. The van der Waals surface area contributed by atoms with Crippen LogP contribution < -0.4 is 10.9 Å². The summed E-state index contributed by atoms with van der Waals surface area (Å²) >= 11 is 5.33. The normalized spacial score (nSPS) is 11.1. The van der Waals surface area contributed by atoms with Crippen molar-refractivity contribution in [3.8, 4) is 0 Å². The van der Waals surface area contributed by atoms with Gasteiger partial charge in [-0.3, -0.25) is 14.2 Å². The van der Waals surface area contributed by atoms with Gasteiger partial charge in [0.25, 0.3) is 11.5 Å². The number of aromatic amines is 1. The van der Waals surface area contributed by atoms with Crippen molar-refractivity contribution in [1.29, 1.82) is 0 Å². The smallest absolute Gasteiger partial charge is 0.330 e. The van der Waals surface area contributed by atoms with Gasteiger partial charge in [0.15, 0.2) is 4.77 Å². The van der Waals surface area contributed by atoms with Gasteiger partial charge in [0.2, 0.25) is 0 Å². The molecule has 0 aliphatic carbocycles. The third-order valence-electron chi connectivity index (χ3n) is 4.84. The molecule has 1 heterocycles. The number of rotatable bonds is 9. The first-order valence-electron chi connectivity index (χ1n) is 10.4. The van der Waals surface area contributed by atoms with Crippen molar-refractivity contribution in [1.82, 2.24) is 9.55 Å². The molecule has 2 N–H and O–H groups in total. The molecular weight excluding hydrogens is 442 g/mol. The highest BCUT2D eigenvalue weighted by atomic mass is 32.1. The molecule has 0 saturated heterocycles. The van der Waals surface area contributed by atoms with Gasteiger partial charge in [0, 0.05) is 37.6 Å². The van der Waals surface area contributed by atoms with Gasteiger partial charge in [-0.1, -0.05) is 12.1 Å². The molecule has 0 aliphatic heterocycles. The fraction of sp³-hybridized carbons (Fsp3) is 0.250. The summed E-state index contributed by atoms with van der Waals surface area (Å²) in [5.41, 5.74) is 2.07. The largest absolute Gasteiger partial charge is 0.463 e. The van der Waals surface area contributed by atoms with Gasteiger partial charge in [-0.15, -0.1) is 0 Å². The van der Waals surface area contributed by atoms with Crippen molar-refractivity contribution in [2.24, 2.45) is 0 Å². The zero-order valence-electron chi connectivity index (χ0n) is 18.4. The molecule has 3 aromatic rings. The van der Waals surface area contributed by atoms with E-state index >= 15 is 0 Å². The second-order valence-corrected chi connectivity index (χ2v) is 7.54. The molecule has 8 nitrogen and oxygen atoms in total. The molecule has 2 aromatic carbocycles. The highest BCUT2D eigenvalue weighted by Gasteiger charge is 2.11. The number of nitrogens with one attached hydrogen (secondary N) is 2. The van der Waals surface area contributed by atoms with E-state index in [0.717, 1.165) is 5.56 Å². The Kier molecular flexibility index (Phi) is 8.28. The number of carbonyl (C=O) groups is 2. The van der Waals surface area contributed by atoms with E-state index in [-0.39, 0.29) is 11.5 Å². The number of methoxy groups -OCH3 is 1. The SMILES string of the molecule is CCOC(=O)/C=C/c1ccc(NC(=O)c2ccc3c(=O)n(CCCOC)c(=S)[nH]c3c2)cc1. The van der Waals surface area contributed by atoms with Crippen molar-refractivity contribution in [2.45, 2.75) is 19.9 Å². The molecule has 1 amide bonds. The Morgan fingerprint density at radius 1 is 1.18 bits per heavy atom. The molecule has 3 rings (SSSR count). The van der Waals surface area contributed by atoms with E-state index in [1.165, 1.54) is 10.6 Å². The summed E-state index contributed by atoms with van der Waals surface area (Å²) in [7, 11) is 1.61. The lowest BCUT2D eigenvalue weighted by atomic mass is 10.1. The predicted octanol–water partition coefficient (Wildman–Crippen LogP) is 3.92. The number of hydrogen-bond acceptors (Lipinski definition) is 6. The standard InChI is InChI=1S/C24H25N3O5S/c1-3-32-21(28)12-7-16-5-9-18(10-6-16)25-22(29)17-8-11-19-20(15-17)26-24(33)27(23(19)30)13-4-14-31-2/h5-12,15H,3-4,13-14H2,1-2H3,(H,25,29)(H,26,33)/b12-7+. The average molecular weight is 468 g/mol. The topological polar surface area (TPSA) is 102 Å². The molecule has 33 heavy (non-hydrogen) atoms. The fourth-order valence-electron chi connectivity index (χ4n) is 3.20. The number of hydrogen-bond donors (Lipinski definition) is 2. The summed E-state index contributed by atoms with van der Waals surface area (Å²) in [5, 5.41) is 3.27. The van der Waals surface area contributed by atoms with E-state index in [4.69, 9.17) is 21.7 Å². The molecule has 9 heteroatoms. The molecule has 172 valence electrons. The van der Waals surface area contributed by atoms with Gasteiger partial charge in [-0.05, 0) is 67.5 Å². The predicted molar refractivity (Wildman–Crippen MR) is 130 cm³/mol. The van der Waals surface area contributed by atoms with Gasteiger partial charge >= 0.3 is 5.97 Å². The maximum absolute atomic E-state index is 12.8. The van der Waals surface area contributed by atoms with E-state index in [2.05, 4.69) is 10.3 Å². The average Bonchev–Trinajstić information content (AvgIpc) is 2.80. The van der Waals surface area contributed by atoms with Gasteiger partial charge in [0.05, 0.1) is 17.5 Å². The number of anilines is 1. The molecule has 0 bridgehead atoms. The molecule has 0 aliphatic rings. The van der Waals surface area contributed by atoms with Crippen LogP contribution in [0.15, 0.2) is 53.3 Å². The monoisotopic (exact) mass is 467 g/mol. The number of carbonyl (C=O) groups excluding carboxylic acids is 2. The van der Waals surface area contributed by atoms with Crippen LogP contribution in [0, 0.1) is 4.77 Å². The number of benzene rings is 2. The minimum Gasteiger partial charge on any atom is -0.463 e. The van der Waals surface area contributed by atoms with E-state index < -0.39 is 5.97 Å². The second-order valence-electron chi connectivity index (χ2n) is 7.16. The molecule has 0 saturated carbocycles. The van der Waals surface area contributed by atoms with E-state index in [9.17, 15) is 14.4 Å². The Hall–Kier alpha value is -3.56. The highest BCUT2D eigenvalue weighted by molar-refractivity contribution is 7.71. The van der Waals surface area contributed by atoms with Crippen LogP contribution in [-0.4, -0.2) is 41.8 Å². The zero-order valence-corrected chi connectivity index (χ0v) is 19.2. The molecule has 1 aromatic heterocycles. The van der Waals surface area contributed by atoms with Crippen LogP contribution in [0.25, 0.3) is 17.0 Å². The molecule has 0 atom stereocenters. The van der Waals surface area contributed by atoms with Gasteiger partial charge in [0.1, 0.15) is 0 Å². The van der Waals surface area contributed by atoms with Gasteiger partial charge in [-0.2, -0.15) is 0 Å². The second kappa shape index (κ2) is 11.3. The van der Waals surface area contributed by atoms with Crippen molar-refractivity contribution < 1.29 is 19.1 Å². The van der Waals surface area contributed by atoms with Crippen LogP contribution in [0.3, 0.4) is 0 Å². The maximum atomic E-state index is 12.8. The number of H-pyrrole nitrogens is 1. The number of fused-ring (bicyclic) bond motifs is 1. The third-order valence-corrected chi connectivity index (χ3v) is 5.16. The number of nitrogens with zero attached hydrogens (tertiary/aromatic N) is 1. The number of ether oxygens (including phenoxy) is 2. The van der Waals surface area contributed by atoms with Crippen LogP contribution in [0.1, 0.15) is 29.3 Å². The first-order valence-corrected chi connectivity index (χ1v) is 10.9. The summed E-state index contributed by atoms with van der Waals surface area (Å²) in [6, 6.07) is 11.8. The van der Waals surface area contributed by atoms with Crippen molar-refractivity contribution in [3.05, 3.63) is 74.8 Å². The minimum absolute atomic E-state index is 0.205. The van der Waals surface area contributed by atoms with Crippen LogP contribution in [0.4, 0.5) is 5.69 Å². The summed E-state index contributed by atoms with van der Waals surface area (Å²) in [5.74, 6) is -0.734. The summed E-state index contributed by atoms with van der Waals surface area (Å²) < 4.78 is 11.7. The third kappa shape index (κ3) is 6.24. The van der Waals surface area contributed by atoms with Crippen LogP contribution in [0.5, 0.6) is 0 Å². The van der Waals surface area contributed by atoms with E-state index in [0.29, 0.717) is 53.1 Å². The molecule has 0 radical (unpaired) electrons. The Labute approximate surface area is 195 Å². The zero-order chi connectivity index (χ0) is 23.8. The van der Waals surface area contributed by atoms with Gasteiger partial charge in [-0.25, -0.2) is 4.79 Å². The molecule has 0 spiro atoms. The van der Waals surface area contributed by atoms with Crippen LogP contribution in [-0.2, 0) is 20.8 Å². The van der Waals surface area contributed by atoms with Crippen molar-refractivity contribution >= 4 is 46.8 Å².